The number of hydrogen-bond donors (Lipinski definition) is 1. The van der Waals surface area contributed by atoms with Gasteiger partial charge in [0.15, 0.2) is 0 Å². The van der Waals surface area contributed by atoms with Gasteiger partial charge in [-0.25, -0.2) is 0 Å². The van der Waals surface area contributed by atoms with E-state index in [0.717, 1.165) is 11.3 Å². The van der Waals surface area contributed by atoms with E-state index in [2.05, 4.69) is 6.07 Å². The molecule has 0 saturated heterocycles. The Kier molecular flexibility index (Phi) is 5.53. The first-order valence-corrected chi connectivity index (χ1v) is 6.09. The maximum Gasteiger partial charge on any atom is 0.114 e. The fourth-order valence-corrected chi connectivity index (χ4v) is 1.60. The topological polar surface area (TPSA) is 76.8 Å². The van der Waals surface area contributed by atoms with E-state index in [1.165, 1.54) is 0 Å². The molecule has 0 amide bonds. The molecule has 0 radical (unpaired) electrons. The average molecular weight is 270 g/mol. The summed E-state index contributed by atoms with van der Waals surface area (Å²) < 4.78 is 0. The van der Waals surface area contributed by atoms with Gasteiger partial charge in [-0.2, -0.15) is 10.5 Å². The van der Waals surface area contributed by atoms with Gasteiger partial charge in [-0.05, 0) is 23.8 Å². The summed E-state index contributed by atoms with van der Waals surface area (Å²) in [5.41, 5.74) is 7.60. The zero-order valence-corrected chi connectivity index (χ0v) is 11.4. The molecule has 19 heavy (non-hydrogen) atoms. The third-order valence-corrected chi connectivity index (χ3v) is 2.81. The number of hydrogen-bond acceptors (Lipinski definition) is 4. The first kappa shape index (κ1) is 14.7. The van der Waals surface area contributed by atoms with Gasteiger partial charge in [-0.1, -0.05) is 24.4 Å². The second-order valence-corrected chi connectivity index (χ2v) is 4.40. The Balaban J connectivity index is 2.86. The van der Waals surface area contributed by atoms with Gasteiger partial charge in [-0.15, -0.1) is 0 Å². The van der Waals surface area contributed by atoms with Crippen molar-refractivity contribution in [2.45, 2.75) is 6.42 Å². The molecule has 0 aliphatic rings. The number of rotatable bonds is 5. The molecule has 0 spiro atoms. The van der Waals surface area contributed by atoms with E-state index >= 15 is 0 Å². The molecular formula is C14H14N4S. The number of thiocarbonyl (C=S) groups is 1. The summed E-state index contributed by atoms with van der Waals surface area (Å²) in [4.78, 5) is 2.09. The van der Waals surface area contributed by atoms with Gasteiger partial charge in [0.25, 0.3) is 0 Å². The molecule has 96 valence electrons. The second-order valence-electron chi connectivity index (χ2n) is 3.96. The molecule has 2 N–H and O–H groups in total. The highest BCUT2D eigenvalue weighted by Crippen LogP contribution is 2.16. The molecule has 0 fully saturated rings. The van der Waals surface area contributed by atoms with Crippen molar-refractivity contribution in [3.8, 4) is 12.1 Å². The molecular weight excluding hydrogens is 256 g/mol. The minimum atomic E-state index is 0.0951. The number of nitrogens with two attached hydrogens (primary N) is 1. The van der Waals surface area contributed by atoms with Crippen LogP contribution < -0.4 is 10.6 Å². The molecule has 0 aliphatic carbocycles. The molecule has 0 saturated carbocycles. The molecule has 0 aliphatic heterocycles. The molecule has 4 nitrogen and oxygen atoms in total. The number of benzene rings is 1. The minimum absolute atomic E-state index is 0.0951. The molecule has 0 unspecified atom stereocenters. The molecule has 0 bridgehead atoms. The van der Waals surface area contributed by atoms with Crippen molar-refractivity contribution in [2.75, 3.05) is 18.5 Å². The van der Waals surface area contributed by atoms with Crippen molar-refractivity contribution >= 4 is 29.0 Å². The summed E-state index contributed by atoms with van der Waals surface area (Å²) in [6.45, 7) is 0.683. The zero-order chi connectivity index (χ0) is 14.3. The predicted octanol–water partition coefficient (Wildman–Crippen LogP) is 2.23. The van der Waals surface area contributed by atoms with Crippen LogP contribution in [0.15, 0.2) is 29.8 Å². The SMILES string of the molecule is CN(CCC#N)c1ccc(C=C(C#N)C(N)=S)cc1. The number of nitriles is 2. The van der Waals surface area contributed by atoms with Crippen molar-refractivity contribution in [3.63, 3.8) is 0 Å². The van der Waals surface area contributed by atoms with Gasteiger partial charge in [0.1, 0.15) is 11.1 Å². The molecule has 0 atom stereocenters. The van der Waals surface area contributed by atoms with E-state index in [1.54, 1.807) is 6.08 Å². The smallest absolute Gasteiger partial charge is 0.114 e. The number of anilines is 1. The Morgan fingerprint density at radius 1 is 1.37 bits per heavy atom. The van der Waals surface area contributed by atoms with E-state index in [4.69, 9.17) is 28.5 Å². The van der Waals surface area contributed by atoms with Gasteiger partial charge in [0.05, 0.1) is 18.1 Å². The van der Waals surface area contributed by atoms with Gasteiger partial charge in [0.2, 0.25) is 0 Å². The maximum atomic E-state index is 8.87. The lowest BCUT2D eigenvalue weighted by Crippen LogP contribution is -2.17. The van der Waals surface area contributed by atoms with Crippen molar-refractivity contribution in [3.05, 3.63) is 35.4 Å². The summed E-state index contributed by atoms with van der Waals surface area (Å²) in [6, 6.07) is 11.7. The van der Waals surface area contributed by atoms with Gasteiger partial charge in [0, 0.05) is 19.3 Å². The third kappa shape index (κ3) is 4.42. The van der Waals surface area contributed by atoms with Crippen LogP contribution in [0.25, 0.3) is 6.08 Å². The van der Waals surface area contributed by atoms with Crippen LogP contribution in [0.2, 0.25) is 0 Å². The van der Waals surface area contributed by atoms with Crippen molar-refractivity contribution < 1.29 is 0 Å². The molecule has 5 heteroatoms. The largest absolute Gasteiger partial charge is 0.389 e. The quantitative estimate of drug-likeness (QED) is 0.504. The van der Waals surface area contributed by atoms with E-state index < -0.39 is 0 Å². The summed E-state index contributed by atoms with van der Waals surface area (Å²) in [6.07, 6.45) is 2.14. The van der Waals surface area contributed by atoms with Gasteiger partial charge < -0.3 is 10.6 Å². The van der Waals surface area contributed by atoms with Crippen LogP contribution in [-0.4, -0.2) is 18.6 Å². The lowest BCUT2D eigenvalue weighted by molar-refractivity contribution is 0.905. The third-order valence-electron chi connectivity index (χ3n) is 2.59. The van der Waals surface area contributed by atoms with E-state index in [0.29, 0.717) is 18.5 Å². The van der Waals surface area contributed by atoms with Crippen molar-refractivity contribution in [1.29, 1.82) is 10.5 Å². The summed E-state index contributed by atoms with van der Waals surface area (Å²) >= 11 is 4.78. The van der Waals surface area contributed by atoms with Crippen molar-refractivity contribution in [1.82, 2.24) is 0 Å². The second kappa shape index (κ2) is 7.15. The molecule has 1 aromatic carbocycles. The van der Waals surface area contributed by atoms with Gasteiger partial charge in [-0.3, -0.25) is 0 Å². The summed E-state index contributed by atoms with van der Waals surface area (Å²) in [5, 5.41) is 17.4. The fraction of sp³-hybridized carbons (Fsp3) is 0.214. The standard InChI is InChI=1S/C14H14N4S/c1-18(8-2-7-15)13-5-3-11(4-6-13)9-12(10-16)14(17)19/h3-6,9H,2,8H2,1H3,(H2,17,19). The molecule has 0 heterocycles. The van der Waals surface area contributed by atoms with E-state index in [-0.39, 0.29) is 4.99 Å². The Morgan fingerprint density at radius 2 is 2.00 bits per heavy atom. The van der Waals surface area contributed by atoms with Crippen LogP contribution >= 0.6 is 12.2 Å². The van der Waals surface area contributed by atoms with Crippen LogP contribution in [0.4, 0.5) is 5.69 Å². The minimum Gasteiger partial charge on any atom is -0.389 e. The first-order chi connectivity index (χ1) is 9.08. The van der Waals surface area contributed by atoms with Gasteiger partial charge >= 0.3 is 0 Å². The highest BCUT2D eigenvalue weighted by Gasteiger charge is 2.02. The lowest BCUT2D eigenvalue weighted by atomic mass is 10.1. The Labute approximate surface area is 118 Å². The van der Waals surface area contributed by atoms with E-state index in [9.17, 15) is 0 Å². The average Bonchev–Trinajstić information content (AvgIpc) is 2.42. The molecule has 1 aromatic rings. The Morgan fingerprint density at radius 3 is 2.47 bits per heavy atom. The van der Waals surface area contributed by atoms with Crippen LogP contribution in [-0.2, 0) is 0 Å². The lowest BCUT2D eigenvalue weighted by Gasteiger charge is -2.17. The van der Waals surface area contributed by atoms with Crippen LogP contribution in [0.1, 0.15) is 12.0 Å². The highest BCUT2D eigenvalue weighted by atomic mass is 32.1. The maximum absolute atomic E-state index is 8.87. The monoisotopic (exact) mass is 270 g/mol. The zero-order valence-electron chi connectivity index (χ0n) is 10.6. The number of nitrogens with zero attached hydrogens (tertiary/aromatic N) is 3. The summed E-state index contributed by atoms with van der Waals surface area (Å²) in [7, 11) is 1.93. The fourth-order valence-electron chi connectivity index (χ4n) is 1.50. The summed E-state index contributed by atoms with van der Waals surface area (Å²) in [5.74, 6) is 0. The van der Waals surface area contributed by atoms with Crippen molar-refractivity contribution in [2.24, 2.45) is 5.73 Å². The molecule has 1 rings (SSSR count). The van der Waals surface area contributed by atoms with Crippen LogP contribution in [0.3, 0.4) is 0 Å². The highest BCUT2D eigenvalue weighted by molar-refractivity contribution is 7.80. The Hall–Kier alpha value is -2.37. The predicted molar refractivity (Wildman–Crippen MR) is 80.3 cm³/mol. The molecule has 0 aromatic heterocycles. The van der Waals surface area contributed by atoms with Crippen LogP contribution in [0.5, 0.6) is 0 Å². The van der Waals surface area contributed by atoms with Crippen LogP contribution in [0, 0.1) is 22.7 Å². The Bertz CT molecular complexity index is 561. The first-order valence-electron chi connectivity index (χ1n) is 5.68. The normalized spacial score (nSPS) is 10.4. The van der Waals surface area contributed by atoms with E-state index in [1.807, 2.05) is 42.3 Å².